The molecule has 2 aliphatic rings. The highest BCUT2D eigenvalue weighted by Gasteiger charge is 2.40. The van der Waals surface area contributed by atoms with Crippen LogP contribution >= 0.6 is 11.6 Å². The predicted molar refractivity (Wildman–Crippen MR) is 112 cm³/mol. The zero-order valence-corrected chi connectivity index (χ0v) is 18.3. The van der Waals surface area contributed by atoms with Gasteiger partial charge in [0.05, 0.1) is 16.4 Å². The van der Waals surface area contributed by atoms with Crippen molar-refractivity contribution >= 4 is 33.3 Å². The van der Waals surface area contributed by atoms with Crippen molar-refractivity contribution in [2.75, 3.05) is 13.3 Å². The monoisotopic (exact) mass is 482 g/mol. The molecule has 0 bridgehead atoms. The minimum absolute atomic E-state index is 0.0263. The van der Waals surface area contributed by atoms with Gasteiger partial charge in [-0.25, -0.2) is 8.42 Å². The number of esters is 1. The number of ether oxygens (including phenoxy) is 3. The first kappa shape index (κ1) is 22.5. The third-order valence-electron chi connectivity index (χ3n) is 5.25. The molecule has 1 saturated heterocycles. The van der Waals surface area contributed by atoms with E-state index >= 15 is 0 Å². The second kappa shape index (κ2) is 9.02. The highest BCUT2D eigenvalue weighted by molar-refractivity contribution is 7.89. The molecule has 2 heterocycles. The molecule has 0 unspecified atom stereocenters. The molecule has 170 valence electrons. The number of hydrogen-bond acceptors (Lipinski definition) is 8. The first-order valence-corrected chi connectivity index (χ1v) is 11.5. The minimum atomic E-state index is -3.92. The Morgan fingerprint density at radius 3 is 2.75 bits per heavy atom. The predicted octanol–water partition coefficient (Wildman–Crippen LogP) is 3.01. The summed E-state index contributed by atoms with van der Waals surface area (Å²) in [6, 6.07) is 7.32. The lowest BCUT2D eigenvalue weighted by molar-refractivity contribution is -0.385. The molecule has 0 spiro atoms. The van der Waals surface area contributed by atoms with Crippen molar-refractivity contribution in [1.82, 2.24) is 4.31 Å². The van der Waals surface area contributed by atoms with E-state index in [1.54, 1.807) is 0 Å². The highest BCUT2D eigenvalue weighted by Crippen LogP contribution is 2.34. The Balaban J connectivity index is 1.52. The van der Waals surface area contributed by atoms with E-state index in [0.717, 1.165) is 4.31 Å². The van der Waals surface area contributed by atoms with E-state index in [4.69, 9.17) is 25.8 Å². The molecule has 1 atom stereocenters. The van der Waals surface area contributed by atoms with Crippen LogP contribution in [0.5, 0.6) is 5.75 Å². The van der Waals surface area contributed by atoms with Crippen LogP contribution in [0, 0.1) is 10.1 Å². The molecule has 0 saturated carbocycles. The van der Waals surface area contributed by atoms with Gasteiger partial charge in [0.2, 0.25) is 10.0 Å². The van der Waals surface area contributed by atoms with E-state index in [9.17, 15) is 23.3 Å². The standard InChI is InChI=1S/C20H19ClN2O8S/c21-15-3-5-17(6-4-15)32(27,28)22-7-1-2-18(22)20(24)30-11-14-9-16(23(25)26)8-13-10-29-12-31-19(13)14/h3-6,8-9,18H,1-2,7,10-12H2/t18-/m0/s1. The average molecular weight is 483 g/mol. The molecule has 10 nitrogen and oxygen atoms in total. The van der Waals surface area contributed by atoms with Gasteiger partial charge in [-0.2, -0.15) is 4.31 Å². The summed E-state index contributed by atoms with van der Waals surface area (Å²) in [5.41, 5.74) is 0.608. The number of rotatable bonds is 6. The van der Waals surface area contributed by atoms with Crippen LogP contribution < -0.4 is 4.74 Å². The van der Waals surface area contributed by atoms with Crippen molar-refractivity contribution in [2.24, 2.45) is 0 Å². The van der Waals surface area contributed by atoms with Gasteiger partial charge in [0.15, 0.2) is 6.79 Å². The summed E-state index contributed by atoms with van der Waals surface area (Å²) in [5, 5.41) is 11.6. The molecule has 1 fully saturated rings. The SMILES string of the molecule is O=C(OCc1cc([N+](=O)[O-])cc2c1OCOC2)[C@@H]1CCCN1S(=O)(=O)c1ccc(Cl)cc1. The summed E-state index contributed by atoms with van der Waals surface area (Å²) in [6.07, 6.45) is 0.808. The smallest absolute Gasteiger partial charge is 0.324 e. The van der Waals surface area contributed by atoms with Crippen molar-refractivity contribution in [3.05, 3.63) is 62.7 Å². The summed E-state index contributed by atoms with van der Waals surface area (Å²) < 4.78 is 43.1. The van der Waals surface area contributed by atoms with Crippen LogP contribution in [0.25, 0.3) is 0 Å². The fraction of sp³-hybridized carbons (Fsp3) is 0.350. The summed E-state index contributed by atoms with van der Waals surface area (Å²) in [7, 11) is -3.92. The quantitative estimate of drug-likeness (QED) is 0.349. The number of sulfonamides is 1. The average Bonchev–Trinajstić information content (AvgIpc) is 3.28. The van der Waals surface area contributed by atoms with Gasteiger partial charge in [-0.15, -0.1) is 0 Å². The lowest BCUT2D eigenvalue weighted by Gasteiger charge is -2.24. The molecule has 4 rings (SSSR count). The molecule has 2 aromatic carbocycles. The van der Waals surface area contributed by atoms with Gasteiger partial charge in [0, 0.05) is 34.8 Å². The van der Waals surface area contributed by atoms with Crippen LogP contribution in [-0.2, 0) is 37.5 Å². The van der Waals surface area contributed by atoms with E-state index in [-0.39, 0.29) is 37.1 Å². The van der Waals surface area contributed by atoms with Crippen molar-refractivity contribution in [1.29, 1.82) is 0 Å². The third-order valence-corrected chi connectivity index (χ3v) is 7.42. The Hall–Kier alpha value is -2.73. The Labute approximate surface area is 188 Å². The van der Waals surface area contributed by atoms with Crippen LogP contribution in [0.2, 0.25) is 5.02 Å². The molecule has 2 aromatic rings. The van der Waals surface area contributed by atoms with Crippen LogP contribution in [0.4, 0.5) is 5.69 Å². The normalized spacial score (nSPS) is 18.6. The molecule has 2 aliphatic heterocycles. The Kier molecular flexibility index (Phi) is 6.33. The first-order chi connectivity index (χ1) is 15.3. The maximum Gasteiger partial charge on any atom is 0.324 e. The van der Waals surface area contributed by atoms with Crippen molar-refractivity contribution in [3.8, 4) is 5.75 Å². The topological polar surface area (TPSA) is 125 Å². The highest BCUT2D eigenvalue weighted by atomic mass is 35.5. The van der Waals surface area contributed by atoms with Crippen LogP contribution in [-0.4, -0.2) is 43.0 Å². The zero-order chi connectivity index (χ0) is 22.9. The van der Waals surface area contributed by atoms with Crippen LogP contribution in [0.1, 0.15) is 24.0 Å². The molecule has 32 heavy (non-hydrogen) atoms. The van der Waals surface area contributed by atoms with E-state index in [1.807, 2.05) is 0 Å². The van der Waals surface area contributed by atoms with E-state index in [2.05, 4.69) is 0 Å². The number of nitrogens with zero attached hydrogens (tertiary/aromatic N) is 2. The maximum atomic E-state index is 13.0. The van der Waals surface area contributed by atoms with Gasteiger partial charge < -0.3 is 14.2 Å². The number of fused-ring (bicyclic) bond motifs is 1. The molecular weight excluding hydrogens is 464 g/mol. The second-order valence-corrected chi connectivity index (χ2v) is 9.62. The number of benzene rings is 2. The zero-order valence-electron chi connectivity index (χ0n) is 16.7. The third kappa shape index (κ3) is 4.42. The van der Waals surface area contributed by atoms with Gasteiger partial charge in [0.25, 0.3) is 5.69 Å². The van der Waals surface area contributed by atoms with Gasteiger partial charge in [0.1, 0.15) is 18.4 Å². The fourth-order valence-electron chi connectivity index (χ4n) is 3.74. The van der Waals surface area contributed by atoms with Crippen LogP contribution in [0.15, 0.2) is 41.3 Å². The van der Waals surface area contributed by atoms with Gasteiger partial charge >= 0.3 is 5.97 Å². The van der Waals surface area contributed by atoms with E-state index < -0.39 is 27.0 Å². The lowest BCUT2D eigenvalue weighted by Crippen LogP contribution is -2.41. The number of halogens is 1. The molecular formula is C20H19ClN2O8S. The Bertz CT molecular complexity index is 1150. The van der Waals surface area contributed by atoms with E-state index in [1.165, 1.54) is 36.4 Å². The first-order valence-electron chi connectivity index (χ1n) is 9.72. The number of carbonyl (C=O) groups excluding carboxylic acids is 1. The molecule has 0 aromatic heterocycles. The van der Waals surface area contributed by atoms with E-state index in [0.29, 0.717) is 34.7 Å². The summed E-state index contributed by atoms with van der Waals surface area (Å²) >= 11 is 5.84. The van der Waals surface area contributed by atoms with Crippen molar-refractivity contribution < 1.29 is 32.3 Å². The number of nitro groups is 1. The fourth-order valence-corrected chi connectivity index (χ4v) is 5.52. The van der Waals surface area contributed by atoms with Crippen molar-refractivity contribution in [3.63, 3.8) is 0 Å². The summed E-state index contributed by atoms with van der Waals surface area (Å²) in [5.74, 6) is -0.362. The Morgan fingerprint density at radius 1 is 1.28 bits per heavy atom. The maximum absolute atomic E-state index is 13.0. The number of non-ortho nitro benzene ring substituents is 1. The van der Waals surface area contributed by atoms with Gasteiger partial charge in [-0.05, 0) is 37.1 Å². The molecule has 0 radical (unpaired) electrons. The van der Waals surface area contributed by atoms with Gasteiger partial charge in [-0.3, -0.25) is 14.9 Å². The second-order valence-electron chi connectivity index (χ2n) is 7.30. The largest absolute Gasteiger partial charge is 0.467 e. The number of hydrogen-bond donors (Lipinski definition) is 0. The summed E-state index contributed by atoms with van der Waals surface area (Å²) in [6.45, 7) is -0.0131. The van der Waals surface area contributed by atoms with Gasteiger partial charge in [-0.1, -0.05) is 11.6 Å². The minimum Gasteiger partial charge on any atom is -0.467 e. The molecule has 0 N–H and O–H groups in total. The number of nitro benzene ring substituents is 1. The Morgan fingerprint density at radius 2 is 2.03 bits per heavy atom. The molecule has 0 aliphatic carbocycles. The lowest BCUT2D eigenvalue weighted by atomic mass is 10.1. The molecule has 12 heteroatoms. The molecule has 0 amide bonds. The number of carbonyl (C=O) groups is 1. The van der Waals surface area contributed by atoms with Crippen LogP contribution in [0.3, 0.4) is 0 Å². The van der Waals surface area contributed by atoms with Crippen molar-refractivity contribution in [2.45, 2.75) is 37.0 Å². The summed E-state index contributed by atoms with van der Waals surface area (Å²) in [4.78, 5) is 23.5.